The van der Waals surface area contributed by atoms with Crippen LogP contribution >= 0.6 is 0 Å². The maximum absolute atomic E-state index is 11.5. The molecular weight excluding hydrogens is 202 g/mol. The zero-order chi connectivity index (χ0) is 12.9. The molecule has 0 saturated carbocycles. The lowest BCUT2D eigenvalue weighted by atomic mass is 9.99. The topological polar surface area (TPSA) is 58.4 Å². The van der Waals surface area contributed by atoms with Gasteiger partial charge in [0, 0.05) is 19.1 Å². The molecule has 4 heteroatoms. The van der Waals surface area contributed by atoms with E-state index in [2.05, 4.69) is 24.1 Å². The van der Waals surface area contributed by atoms with Gasteiger partial charge >= 0.3 is 0 Å². The summed E-state index contributed by atoms with van der Waals surface area (Å²) >= 11 is 0. The van der Waals surface area contributed by atoms with Crippen LogP contribution in [0.2, 0.25) is 0 Å². The van der Waals surface area contributed by atoms with Gasteiger partial charge in [0.1, 0.15) is 5.54 Å². The molecule has 0 aliphatic heterocycles. The summed E-state index contributed by atoms with van der Waals surface area (Å²) in [6.45, 7) is 11.8. The lowest BCUT2D eigenvalue weighted by molar-refractivity contribution is -0.124. The van der Waals surface area contributed by atoms with Crippen LogP contribution < -0.4 is 11.1 Å². The van der Waals surface area contributed by atoms with E-state index in [1.165, 1.54) is 0 Å². The van der Waals surface area contributed by atoms with Crippen LogP contribution in [0.15, 0.2) is 0 Å². The van der Waals surface area contributed by atoms with Gasteiger partial charge in [-0.1, -0.05) is 13.8 Å². The van der Waals surface area contributed by atoms with Crippen molar-refractivity contribution in [3.63, 3.8) is 0 Å². The molecular formula is C12H27N3O. The minimum atomic E-state index is -0.655. The van der Waals surface area contributed by atoms with Crippen LogP contribution in [0.4, 0.5) is 0 Å². The highest BCUT2D eigenvalue weighted by Crippen LogP contribution is 2.08. The Balaban J connectivity index is 4.49. The van der Waals surface area contributed by atoms with Crippen LogP contribution in [0.1, 0.15) is 34.6 Å². The molecule has 16 heavy (non-hydrogen) atoms. The Hall–Kier alpha value is -0.610. The van der Waals surface area contributed by atoms with Gasteiger partial charge in [0.15, 0.2) is 0 Å². The van der Waals surface area contributed by atoms with E-state index in [4.69, 9.17) is 5.73 Å². The summed E-state index contributed by atoms with van der Waals surface area (Å²) in [6, 6.07) is 0.241. The first kappa shape index (κ1) is 15.4. The number of carbonyl (C=O) groups excluding carboxylic acids is 1. The molecule has 4 nitrogen and oxygen atoms in total. The minimum absolute atomic E-state index is 0.241. The highest BCUT2D eigenvalue weighted by atomic mass is 16.1. The maximum Gasteiger partial charge on any atom is 0.238 e. The van der Waals surface area contributed by atoms with Crippen LogP contribution in [0.5, 0.6) is 0 Å². The third-order valence-corrected chi connectivity index (χ3v) is 2.41. The predicted molar refractivity (Wildman–Crippen MR) is 68.2 cm³/mol. The molecule has 0 heterocycles. The molecule has 0 saturated heterocycles. The van der Waals surface area contributed by atoms with Crippen molar-refractivity contribution in [2.75, 3.05) is 20.1 Å². The highest BCUT2D eigenvalue weighted by Gasteiger charge is 2.32. The van der Waals surface area contributed by atoms with Crippen molar-refractivity contribution in [2.24, 2.45) is 11.7 Å². The Morgan fingerprint density at radius 3 is 2.19 bits per heavy atom. The zero-order valence-corrected chi connectivity index (χ0v) is 11.5. The summed E-state index contributed by atoms with van der Waals surface area (Å²) in [5, 5.41) is 3.24. The number of nitrogens with zero attached hydrogens (tertiary/aromatic N) is 1. The van der Waals surface area contributed by atoms with E-state index in [1.807, 2.05) is 27.8 Å². The summed E-state index contributed by atoms with van der Waals surface area (Å²) in [6.07, 6.45) is 0. The predicted octanol–water partition coefficient (Wildman–Crippen LogP) is 0.816. The second-order valence-electron chi connectivity index (χ2n) is 5.59. The minimum Gasteiger partial charge on any atom is -0.368 e. The largest absolute Gasteiger partial charge is 0.368 e. The fraction of sp³-hybridized carbons (Fsp3) is 0.917. The average Bonchev–Trinajstić information content (AvgIpc) is 1.98. The zero-order valence-electron chi connectivity index (χ0n) is 11.5. The third-order valence-electron chi connectivity index (χ3n) is 2.41. The van der Waals surface area contributed by atoms with Gasteiger partial charge in [-0.2, -0.15) is 0 Å². The first-order valence-corrected chi connectivity index (χ1v) is 5.93. The first-order chi connectivity index (χ1) is 7.17. The number of hydrogen-bond donors (Lipinski definition) is 2. The fourth-order valence-corrected chi connectivity index (χ4v) is 2.06. The lowest BCUT2D eigenvalue weighted by Crippen LogP contribution is -2.61. The molecule has 1 atom stereocenters. The Morgan fingerprint density at radius 2 is 1.88 bits per heavy atom. The molecule has 0 aliphatic rings. The molecule has 0 radical (unpaired) electrons. The number of rotatable bonds is 7. The van der Waals surface area contributed by atoms with E-state index in [9.17, 15) is 4.79 Å². The van der Waals surface area contributed by atoms with Gasteiger partial charge in [-0.05, 0) is 33.7 Å². The molecule has 96 valence electrons. The third kappa shape index (κ3) is 5.47. The van der Waals surface area contributed by atoms with Crippen LogP contribution in [-0.4, -0.2) is 42.5 Å². The van der Waals surface area contributed by atoms with Crippen molar-refractivity contribution >= 4 is 5.91 Å². The number of primary amides is 1. The summed E-state index contributed by atoms with van der Waals surface area (Å²) in [4.78, 5) is 13.7. The van der Waals surface area contributed by atoms with Gasteiger partial charge in [0.25, 0.3) is 0 Å². The second kappa shape index (κ2) is 6.21. The van der Waals surface area contributed by atoms with Gasteiger partial charge < -0.3 is 16.0 Å². The standard InChI is InChI=1S/C12H27N3O/c1-9(2)7-15(6)8-12(5,11(13)16)14-10(3)4/h9-10,14H,7-8H2,1-6H3,(H2,13,16). The van der Waals surface area contributed by atoms with Crippen LogP contribution in [0, 0.1) is 5.92 Å². The van der Waals surface area contributed by atoms with E-state index in [-0.39, 0.29) is 11.9 Å². The number of hydrogen-bond acceptors (Lipinski definition) is 3. The molecule has 0 aromatic rings. The normalized spacial score (nSPS) is 15.8. The maximum atomic E-state index is 11.5. The van der Waals surface area contributed by atoms with E-state index < -0.39 is 5.54 Å². The van der Waals surface area contributed by atoms with Crippen LogP contribution in [0.25, 0.3) is 0 Å². The van der Waals surface area contributed by atoms with Crippen LogP contribution in [0.3, 0.4) is 0 Å². The smallest absolute Gasteiger partial charge is 0.238 e. The number of carbonyl (C=O) groups is 1. The molecule has 1 unspecified atom stereocenters. The van der Waals surface area contributed by atoms with Gasteiger partial charge in [-0.3, -0.25) is 4.79 Å². The van der Waals surface area contributed by atoms with Crippen molar-refractivity contribution in [3.05, 3.63) is 0 Å². The molecule has 0 aromatic carbocycles. The van der Waals surface area contributed by atoms with Gasteiger partial charge in [-0.25, -0.2) is 0 Å². The molecule has 3 N–H and O–H groups in total. The monoisotopic (exact) mass is 229 g/mol. The fourth-order valence-electron chi connectivity index (χ4n) is 2.06. The average molecular weight is 229 g/mol. The molecule has 0 aromatic heterocycles. The Bertz CT molecular complexity index is 228. The second-order valence-corrected chi connectivity index (χ2v) is 5.59. The Labute approximate surface area is 99.6 Å². The molecule has 0 bridgehead atoms. The molecule has 0 aliphatic carbocycles. The van der Waals surface area contributed by atoms with Crippen molar-refractivity contribution in [2.45, 2.75) is 46.2 Å². The molecule has 1 amide bonds. The van der Waals surface area contributed by atoms with E-state index in [0.717, 1.165) is 6.54 Å². The van der Waals surface area contributed by atoms with Crippen LogP contribution in [-0.2, 0) is 4.79 Å². The lowest BCUT2D eigenvalue weighted by Gasteiger charge is -2.34. The summed E-state index contributed by atoms with van der Waals surface area (Å²) in [5.74, 6) is 0.290. The summed E-state index contributed by atoms with van der Waals surface area (Å²) in [7, 11) is 2.02. The Kier molecular flexibility index (Phi) is 5.97. The van der Waals surface area contributed by atoms with Gasteiger partial charge in [0.05, 0.1) is 0 Å². The summed E-state index contributed by atoms with van der Waals surface area (Å²) in [5.41, 5.74) is 4.82. The van der Waals surface area contributed by atoms with Crippen molar-refractivity contribution < 1.29 is 4.79 Å². The number of amides is 1. The van der Waals surface area contributed by atoms with Crippen molar-refractivity contribution in [3.8, 4) is 0 Å². The van der Waals surface area contributed by atoms with E-state index in [1.54, 1.807) is 0 Å². The van der Waals surface area contributed by atoms with E-state index in [0.29, 0.717) is 12.5 Å². The number of likely N-dealkylation sites (N-methyl/N-ethyl adjacent to an activating group) is 1. The highest BCUT2D eigenvalue weighted by molar-refractivity contribution is 5.84. The van der Waals surface area contributed by atoms with Crippen molar-refractivity contribution in [1.82, 2.24) is 10.2 Å². The SMILES string of the molecule is CC(C)CN(C)CC(C)(NC(C)C)C(N)=O. The number of nitrogens with two attached hydrogens (primary N) is 1. The van der Waals surface area contributed by atoms with Gasteiger partial charge in [-0.15, -0.1) is 0 Å². The Morgan fingerprint density at radius 1 is 1.38 bits per heavy atom. The van der Waals surface area contributed by atoms with Gasteiger partial charge in [0.2, 0.25) is 5.91 Å². The molecule has 0 spiro atoms. The molecule has 0 fully saturated rings. The first-order valence-electron chi connectivity index (χ1n) is 5.93. The summed E-state index contributed by atoms with van der Waals surface area (Å²) < 4.78 is 0. The van der Waals surface area contributed by atoms with E-state index >= 15 is 0 Å². The molecule has 0 rings (SSSR count). The quantitative estimate of drug-likeness (QED) is 0.679. The number of nitrogens with one attached hydrogen (secondary N) is 1. The van der Waals surface area contributed by atoms with Crippen molar-refractivity contribution in [1.29, 1.82) is 0 Å².